The van der Waals surface area contributed by atoms with Crippen molar-refractivity contribution in [1.82, 2.24) is 19.9 Å². The van der Waals surface area contributed by atoms with Crippen molar-refractivity contribution in [2.75, 3.05) is 50.9 Å². The third kappa shape index (κ3) is 7.13. The van der Waals surface area contributed by atoms with E-state index in [2.05, 4.69) is 23.7 Å². The van der Waals surface area contributed by atoms with Crippen molar-refractivity contribution in [3.05, 3.63) is 63.3 Å². The molecular formula is C32H38ClN5O7. The molecule has 0 aliphatic carbocycles. The molecule has 45 heavy (non-hydrogen) atoms. The van der Waals surface area contributed by atoms with Crippen molar-refractivity contribution in [2.24, 2.45) is 5.92 Å². The van der Waals surface area contributed by atoms with E-state index < -0.39 is 0 Å². The molecule has 1 unspecified atom stereocenters. The lowest BCUT2D eigenvalue weighted by molar-refractivity contribution is -0.139. The molecule has 1 aromatic carbocycles. The van der Waals surface area contributed by atoms with Crippen LogP contribution in [0.25, 0.3) is 22.1 Å². The van der Waals surface area contributed by atoms with Gasteiger partial charge in [0.25, 0.3) is 12.0 Å². The molecule has 1 amide bonds. The summed E-state index contributed by atoms with van der Waals surface area (Å²) in [4.78, 5) is 50.1. The Hall–Kier alpha value is -4.00. The lowest BCUT2D eigenvalue weighted by Gasteiger charge is -2.44. The number of aromatic amines is 1. The maximum atomic E-state index is 12.9. The van der Waals surface area contributed by atoms with E-state index in [0.717, 1.165) is 53.8 Å². The van der Waals surface area contributed by atoms with Gasteiger partial charge in [-0.2, -0.15) is 0 Å². The van der Waals surface area contributed by atoms with Crippen LogP contribution in [-0.4, -0.2) is 83.3 Å². The summed E-state index contributed by atoms with van der Waals surface area (Å²) in [7, 11) is 0. The molecule has 5 heterocycles. The molecule has 2 N–H and O–H groups in total. The van der Waals surface area contributed by atoms with Gasteiger partial charge in [-0.3, -0.25) is 14.4 Å². The maximum absolute atomic E-state index is 12.9. The molecule has 0 radical (unpaired) electrons. The molecule has 2 atom stereocenters. The highest BCUT2D eigenvalue weighted by atomic mass is 35.5. The first-order valence-corrected chi connectivity index (χ1v) is 15.5. The van der Waals surface area contributed by atoms with E-state index in [0.29, 0.717) is 42.5 Å². The quantitative estimate of drug-likeness (QED) is 0.199. The van der Waals surface area contributed by atoms with E-state index in [9.17, 15) is 9.59 Å². The number of furan rings is 1. The fourth-order valence-electron chi connectivity index (χ4n) is 6.11. The van der Waals surface area contributed by atoms with Gasteiger partial charge in [0.15, 0.2) is 17.2 Å². The molecule has 2 fully saturated rings. The van der Waals surface area contributed by atoms with Crippen molar-refractivity contribution >= 4 is 51.9 Å². The first-order valence-electron chi connectivity index (χ1n) is 15.1. The highest BCUT2D eigenvalue weighted by molar-refractivity contribution is 6.30. The number of H-pyrrole nitrogens is 1. The van der Waals surface area contributed by atoms with E-state index in [-0.39, 0.29) is 49.1 Å². The fourth-order valence-corrected chi connectivity index (χ4v) is 6.27. The Labute approximate surface area is 265 Å². The summed E-state index contributed by atoms with van der Waals surface area (Å²) < 4.78 is 17.7. The van der Waals surface area contributed by atoms with Gasteiger partial charge in [0.1, 0.15) is 24.3 Å². The van der Waals surface area contributed by atoms with Crippen LogP contribution >= 0.6 is 11.6 Å². The zero-order chi connectivity index (χ0) is 32.0. The number of pyridine rings is 1. The predicted octanol–water partition coefficient (Wildman–Crippen LogP) is 4.38. The SMILES string of the molecule is CC1CN(C(=O)COCCOCc2nc(N3CCCC3)c3oc4ccccc4c3n2)CC[C@]1(C)c1cc(Cl)c[nH]c1=O.O=CO. The van der Waals surface area contributed by atoms with E-state index in [1.165, 1.54) is 6.20 Å². The van der Waals surface area contributed by atoms with Gasteiger partial charge in [-0.05, 0) is 43.4 Å². The fraction of sp³-hybridized carbons (Fsp3) is 0.469. The van der Waals surface area contributed by atoms with E-state index >= 15 is 0 Å². The molecule has 6 rings (SSSR count). The topological polar surface area (TPSA) is 151 Å². The van der Waals surface area contributed by atoms with Gasteiger partial charge < -0.3 is 33.8 Å². The number of benzene rings is 1. The summed E-state index contributed by atoms with van der Waals surface area (Å²) in [6, 6.07) is 9.63. The summed E-state index contributed by atoms with van der Waals surface area (Å²) in [6.45, 7) is 7.67. The molecule has 3 aromatic heterocycles. The average molecular weight is 640 g/mol. The van der Waals surface area contributed by atoms with E-state index in [1.54, 1.807) is 6.07 Å². The standard InChI is InChI=1S/C31H36ClN5O5.CH2O2/c1-20-17-37(12-9-31(20,2)23-15-21(32)16-33-30(23)39)26(38)19-41-14-13-40-18-25-34-27-22-7-3-4-8-24(22)42-28(27)29(35-25)36-10-5-6-11-36;2-1-3/h3-4,7-8,15-16,20H,5-6,9-14,17-19H2,1-2H3,(H,33,39);1H,(H,2,3)/t20?,31-;/m0./s1. The Morgan fingerprint density at radius 2 is 1.93 bits per heavy atom. The van der Waals surface area contributed by atoms with Crippen LogP contribution < -0.4 is 10.5 Å². The van der Waals surface area contributed by atoms with Gasteiger partial charge in [0, 0.05) is 48.7 Å². The number of nitrogens with one attached hydrogen (secondary N) is 1. The maximum Gasteiger partial charge on any atom is 0.290 e. The first kappa shape index (κ1) is 32.4. The number of carboxylic acid groups (broad SMARTS) is 1. The van der Waals surface area contributed by atoms with Crippen LogP contribution in [0, 0.1) is 5.92 Å². The van der Waals surface area contributed by atoms with Gasteiger partial charge in [0.2, 0.25) is 5.91 Å². The number of nitrogens with zero attached hydrogens (tertiary/aromatic N) is 4. The number of hydrogen-bond acceptors (Lipinski definition) is 9. The monoisotopic (exact) mass is 639 g/mol. The second-order valence-electron chi connectivity index (χ2n) is 11.6. The summed E-state index contributed by atoms with van der Waals surface area (Å²) in [5.74, 6) is 1.42. The first-order chi connectivity index (χ1) is 21.7. The van der Waals surface area contributed by atoms with Crippen LogP contribution in [0.5, 0.6) is 0 Å². The third-order valence-electron chi connectivity index (χ3n) is 8.80. The zero-order valence-electron chi connectivity index (χ0n) is 25.5. The van der Waals surface area contributed by atoms with Crippen molar-refractivity contribution in [2.45, 2.75) is 45.1 Å². The molecular weight excluding hydrogens is 602 g/mol. The smallest absolute Gasteiger partial charge is 0.290 e. The van der Waals surface area contributed by atoms with Crippen molar-refractivity contribution < 1.29 is 28.6 Å². The van der Waals surface area contributed by atoms with Crippen LogP contribution in [0.2, 0.25) is 5.02 Å². The Bertz CT molecular complexity index is 1700. The number of rotatable bonds is 9. The molecule has 2 aliphatic heterocycles. The lowest BCUT2D eigenvalue weighted by Crippen LogP contribution is -2.51. The Balaban J connectivity index is 0.00000128. The number of fused-ring (bicyclic) bond motifs is 3. The van der Waals surface area contributed by atoms with Crippen LogP contribution in [0.4, 0.5) is 5.82 Å². The summed E-state index contributed by atoms with van der Waals surface area (Å²) >= 11 is 6.15. The number of carbonyl (C=O) groups is 2. The highest BCUT2D eigenvalue weighted by Crippen LogP contribution is 2.38. The van der Waals surface area contributed by atoms with Crippen LogP contribution in [0.1, 0.15) is 44.5 Å². The minimum atomic E-state index is -0.369. The lowest BCUT2D eigenvalue weighted by atomic mass is 9.68. The average Bonchev–Trinajstić information content (AvgIpc) is 3.70. The van der Waals surface area contributed by atoms with Gasteiger partial charge in [-0.1, -0.05) is 37.6 Å². The van der Waals surface area contributed by atoms with Crippen LogP contribution in [0.3, 0.4) is 0 Å². The Morgan fingerprint density at radius 1 is 1.20 bits per heavy atom. The highest BCUT2D eigenvalue weighted by Gasteiger charge is 2.41. The van der Waals surface area contributed by atoms with E-state index in [1.807, 2.05) is 29.2 Å². The normalized spacial score (nSPS) is 19.9. The Kier molecular flexibility index (Phi) is 10.4. The van der Waals surface area contributed by atoms with Crippen molar-refractivity contribution in [1.29, 1.82) is 0 Å². The molecule has 13 heteroatoms. The number of carbonyl (C=O) groups excluding carboxylic acids is 1. The summed E-state index contributed by atoms with van der Waals surface area (Å²) in [5.41, 5.74) is 2.48. The number of hydrogen-bond donors (Lipinski definition) is 2. The van der Waals surface area contributed by atoms with Gasteiger partial charge in [0.05, 0.1) is 18.2 Å². The van der Waals surface area contributed by atoms with Crippen molar-refractivity contribution in [3.63, 3.8) is 0 Å². The van der Waals surface area contributed by atoms with E-state index in [4.69, 9.17) is 45.4 Å². The number of piperidine rings is 1. The Morgan fingerprint density at radius 3 is 2.69 bits per heavy atom. The molecule has 4 aromatic rings. The number of aromatic nitrogens is 3. The van der Waals surface area contributed by atoms with Gasteiger partial charge in [-0.25, -0.2) is 9.97 Å². The second-order valence-corrected chi connectivity index (χ2v) is 12.0. The van der Waals surface area contributed by atoms with Crippen molar-refractivity contribution in [3.8, 4) is 0 Å². The van der Waals surface area contributed by atoms with Gasteiger partial charge >= 0.3 is 0 Å². The predicted molar refractivity (Wildman–Crippen MR) is 170 cm³/mol. The number of ether oxygens (including phenoxy) is 2. The molecule has 0 bridgehead atoms. The minimum absolute atomic E-state index is 0.0207. The number of likely N-dealkylation sites (tertiary alicyclic amines) is 1. The molecule has 240 valence electrons. The molecule has 2 aliphatic rings. The molecule has 12 nitrogen and oxygen atoms in total. The summed E-state index contributed by atoms with van der Waals surface area (Å²) in [5, 5.41) is 8.35. The molecule has 2 saturated heterocycles. The van der Waals surface area contributed by atoms with Crippen LogP contribution in [-0.2, 0) is 31.1 Å². The molecule has 0 saturated carbocycles. The summed E-state index contributed by atoms with van der Waals surface area (Å²) in [6.07, 6.45) is 4.43. The van der Waals surface area contributed by atoms with Gasteiger partial charge in [-0.15, -0.1) is 0 Å². The van der Waals surface area contributed by atoms with Crippen LogP contribution in [0.15, 0.2) is 45.7 Å². The number of anilines is 1. The largest absolute Gasteiger partial charge is 0.483 e. The number of para-hydroxylation sites is 1. The second kappa shape index (κ2) is 14.4. The molecule has 0 spiro atoms. The third-order valence-corrected chi connectivity index (χ3v) is 9.02. The number of halogens is 1. The zero-order valence-corrected chi connectivity index (χ0v) is 26.2. The number of amides is 1. The minimum Gasteiger partial charge on any atom is -0.483 e.